The third kappa shape index (κ3) is 9.10. The molecule has 149 valence electrons. The van der Waals surface area contributed by atoms with Crippen molar-refractivity contribution in [3.8, 4) is 12.3 Å². The van der Waals surface area contributed by atoms with Gasteiger partial charge in [0.1, 0.15) is 11.3 Å². The van der Waals surface area contributed by atoms with Crippen molar-refractivity contribution in [2.45, 2.75) is 10.7 Å². The van der Waals surface area contributed by atoms with Gasteiger partial charge >= 0.3 is 0 Å². The Morgan fingerprint density at radius 2 is 1.55 bits per heavy atom. The molecule has 0 aromatic heterocycles. The first-order chi connectivity index (χ1) is 13.7. The van der Waals surface area contributed by atoms with Crippen molar-refractivity contribution in [3.05, 3.63) is 72.0 Å². The van der Waals surface area contributed by atoms with Gasteiger partial charge in [0.15, 0.2) is 7.28 Å². The number of hydrogen-bond acceptors (Lipinski definition) is 3. The lowest BCUT2D eigenvalue weighted by molar-refractivity contribution is -0.116. The standard InChI is InChI=1S/C12H10B.C9H9Cl3N2O2/c1-3-7-11(8-4-1)13-12-9-5-2-6-10-12;1-3-4-14-8(16)6(5(2)15)7(13)9(10,11)12/h1-10H;1,13,15H,4H2,2H3,(H,14,16). The molecule has 0 atom stereocenters. The molecule has 0 aliphatic heterocycles. The van der Waals surface area contributed by atoms with Crippen LogP contribution in [0.15, 0.2) is 72.0 Å². The van der Waals surface area contributed by atoms with Crippen LogP contribution in [-0.4, -0.2) is 34.3 Å². The number of allylic oxidation sites excluding steroid dienone is 1. The maximum atomic E-state index is 11.5. The van der Waals surface area contributed by atoms with Gasteiger partial charge in [0.25, 0.3) is 5.91 Å². The van der Waals surface area contributed by atoms with Crippen molar-refractivity contribution < 1.29 is 9.90 Å². The van der Waals surface area contributed by atoms with Crippen LogP contribution in [0.2, 0.25) is 0 Å². The van der Waals surface area contributed by atoms with Crippen molar-refractivity contribution in [1.82, 2.24) is 5.32 Å². The number of aliphatic hydroxyl groups is 1. The molecule has 0 spiro atoms. The van der Waals surface area contributed by atoms with E-state index in [1.807, 2.05) is 12.1 Å². The summed E-state index contributed by atoms with van der Waals surface area (Å²) in [6.45, 7) is 1.15. The summed E-state index contributed by atoms with van der Waals surface area (Å²) in [5.74, 6) is 0.970. The third-order valence-corrected chi connectivity index (χ3v) is 3.97. The summed E-state index contributed by atoms with van der Waals surface area (Å²) < 4.78 is -2.09. The van der Waals surface area contributed by atoms with E-state index < -0.39 is 26.7 Å². The van der Waals surface area contributed by atoms with Crippen LogP contribution < -0.4 is 16.2 Å². The lowest BCUT2D eigenvalue weighted by Gasteiger charge is -2.15. The highest BCUT2D eigenvalue weighted by molar-refractivity contribution is 6.78. The predicted octanol–water partition coefficient (Wildman–Crippen LogP) is 3.30. The van der Waals surface area contributed by atoms with Gasteiger partial charge < -0.3 is 10.4 Å². The summed E-state index contributed by atoms with van der Waals surface area (Å²) in [4.78, 5) is 11.5. The largest absolute Gasteiger partial charge is 0.512 e. The molecule has 0 saturated carbocycles. The summed E-state index contributed by atoms with van der Waals surface area (Å²) in [6.07, 6.45) is 4.94. The second kappa shape index (κ2) is 12.2. The van der Waals surface area contributed by atoms with Gasteiger partial charge in [-0.15, -0.1) is 6.42 Å². The number of terminal acetylenes is 1. The van der Waals surface area contributed by atoms with E-state index in [-0.39, 0.29) is 6.54 Å². The Labute approximate surface area is 186 Å². The topological polar surface area (TPSA) is 73.2 Å². The molecule has 0 heterocycles. The number of carbonyl (C=O) groups is 1. The van der Waals surface area contributed by atoms with Gasteiger partial charge in [0.2, 0.25) is 3.79 Å². The summed E-state index contributed by atoms with van der Waals surface area (Å²) in [7, 11) is 2.17. The summed E-state index contributed by atoms with van der Waals surface area (Å²) in [5, 5.41) is 19.0. The number of benzene rings is 2. The highest BCUT2D eigenvalue weighted by Gasteiger charge is 2.33. The summed E-state index contributed by atoms with van der Waals surface area (Å²) in [6, 6.07) is 20.7. The molecule has 8 heteroatoms. The number of hydrogen-bond donors (Lipinski definition) is 3. The lowest BCUT2D eigenvalue weighted by atomic mass is 9.64. The first-order valence-electron chi connectivity index (χ1n) is 8.39. The van der Waals surface area contributed by atoms with E-state index in [9.17, 15) is 9.90 Å². The van der Waals surface area contributed by atoms with E-state index in [1.54, 1.807) is 0 Å². The normalized spacial score (nSPS) is 11.1. The zero-order chi connectivity index (χ0) is 21.9. The Hall–Kier alpha value is -2.39. The van der Waals surface area contributed by atoms with E-state index >= 15 is 0 Å². The van der Waals surface area contributed by atoms with Crippen LogP contribution in [0, 0.1) is 17.8 Å². The predicted molar refractivity (Wildman–Crippen MR) is 123 cm³/mol. The lowest BCUT2D eigenvalue weighted by Crippen LogP contribution is -2.34. The van der Waals surface area contributed by atoms with Gasteiger partial charge in [-0.25, -0.2) is 0 Å². The third-order valence-electron chi connectivity index (χ3n) is 3.41. The Morgan fingerprint density at radius 3 is 1.90 bits per heavy atom. The fourth-order valence-electron chi connectivity index (χ4n) is 2.11. The summed E-state index contributed by atoms with van der Waals surface area (Å²) >= 11 is 16.3. The second-order valence-corrected chi connectivity index (χ2v) is 7.97. The SMILES string of the molecule is C#CCNC(=O)C(C(=N)C(Cl)(Cl)Cl)=C(C)O.[B](c1ccccc1)c1ccccc1. The first-order valence-corrected chi connectivity index (χ1v) is 9.52. The molecule has 2 rings (SSSR count). The highest BCUT2D eigenvalue weighted by Crippen LogP contribution is 2.31. The van der Waals surface area contributed by atoms with Crippen molar-refractivity contribution in [2.75, 3.05) is 6.54 Å². The quantitative estimate of drug-likeness (QED) is 0.164. The molecule has 1 radical (unpaired) electrons. The number of amides is 1. The number of carbonyl (C=O) groups excluding carboxylic acids is 1. The zero-order valence-electron chi connectivity index (χ0n) is 15.6. The zero-order valence-corrected chi connectivity index (χ0v) is 17.9. The molecule has 0 aliphatic carbocycles. The number of alkyl halides is 3. The molecule has 0 saturated heterocycles. The van der Waals surface area contributed by atoms with Crippen LogP contribution in [0.25, 0.3) is 0 Å². The molecular formula is C21H19BCl3N2O2. The van der Waals surface area contributed by atoms with Crippen LogP contribution in [0.5, 0.6) is 0 Å². The molecule has 0 fully saturated rings. The van der Waals surface area contributed by atoms with E-state index in [0.717, 1.165) is 0 Å². The van der Waals surface area contributed by atoms with Crippen molar-refractivity contribution >= 4 is 64.6 Å². The minimum Gasteiger partial charge on any atom is -0.512 e. The molecular weight excluding hydrogens is 429 g/mol. The van der Waals surface area contributed by atoms with E-state index in [1.165, 1.54) is 17.8 Å². The highest BCUT2D eigenvalue weighted by atomic mass is 35.6. The second-order valence-electron chi connectivity index (χ2n) is 5.69. The number of aliphatic hydroxyl groups excluding tert-OH is 1. The number of rotatable bonds is 5. The molecule has 0 bridgehead atoms. The van der Waals surface area contributed by atoms with E-state index in [4.69, 9.17) is 46.6 Å². The van der Waals surface area contributed by atoms with Crippen molar-refractivity contribution in [3.63, 3.8) is 0 Å². The van der Waals surface area contributed by atoms with Gasteiger partial charge in [-0.2, -0.15) is 0 Å². The molecule has 29 heavy (non-hydrogen) atoms. The Morgan fingerprint density at radius 1 is 1.10 bits per heavy atom. The summed E-state index contributed by atoms with van der Waals surface area (Å²) in [5.41, 5.74) is 1.46. The fraction of sp³-hybridized carbons (Fsp3) is 0.143. The minimum atomic E-state index is -2.09. The van der Waals surface area contributed by atoms with Crippen LogP contribution in [-0.2, 0) is 4.79 Å². The molecule has 0 aliphatic rings. The average molecular weight is 449 g/mol. The average Bonchev–Trinajstić information content (AvgIpc) is 2.67. The molecule has 3 N–H and O–H groups in total. The molecule has 1 amide bonds. The van der Waals surface area contributed by atoms with Gasteiger partial charge in [-0.3, -0.25) is 10.2 Å². The first kappa shape index (κ1) is 24.7. The minimum absolute atomic E-state index is 0.0528. The van der Waals surface area contributed by atoms with Gasteiger partial charge in [-0.1, -0.05) is 112 Å². The number of halogens is 3. The van der Waals surface area contributed by atoms with Crippen LogP contribution in [0.1, 0.15) is 6.92 Å². The van der Waals surface area contributed by atoms with Crippen molar-refractivity contribution in [1.29, 1.82) is 5.41 Å². The Kier molecular flexibility index (Phi) is 10.4. The molecule has 2 aromatic carbocycles. The van der Waals surface area contributed by atoms with Gasteiger partial charge in [0.05, 0.1) is 12.3 Å². The van der Waals surface area contributed by atoms with Crippen LogP contribution in [0.4, 0.5) is 0 Å². The molecule has 2 aromatic rings. The van der Waals surface area contributed by atoms with Crippen LogP contribution in [0.3, 0.4) is 0 Å². The Balaban J connectivity index is 0.000000294. The maximum Gasteiger partial charge on any atom is 0.257 e. The van der Waals surface area contributed by atoms with Crippen molar-refractivity contribution in [2.24, 2.45) is 0 Å². The fourth-order valence-corrected chi connectivity index (χ4v) is 2.39. The van der Waals surface area contributed by atoms with Gasteiger partial charge in [0, 0.05) is 0 Å². The number of nitrogens with one attached hydrogen (secondary N) is 2. The smallest absolute Gasteiger partial charge is 0.257 e. The maximum absolute atomic E-state index is 11.5. The molecule has 4 nitrogen and oxygen atoms in total. The Bertz CT molecular complexity index is 848. The van der Waals surface area contributed by atoms with E-state index in [0.29, 0.717) is 0 Å². The monoisotopic (exact) mass is 447 g/mol. The van der Waals surface area contributed by atoms with Gasteiger partial charge in [-0.05, 0) is 6.92 Å². The van der Waals surface area contributed by atoms with Crippen LogP contribution >= 0.6 is 34.8 Å². The van der Waals surface area contributed by atoms with E-state index in [2.05, 4.69) is 67.0 Å². The molecule has 0 unspecified atom stereocenters.